The maximum Gasteiger partial charge on any atom is 0.127 e. The van der Waals surface area contributed by atoms with Crippen molar-refractivity contribution in [1.82, 2.24) is 15.0 Å². The third kappa shape index (κ3) is 2.53. The minimum Gasteiger partial charge on any atom is -0.236 e. The van der Waals surface area contributed by atoms with Gasteiger partial charge in [-0.15, -0.1) is 23.1 Å². The van der Waals surface area contributed by atoms with E-state index in [0.717, 1.165) is 33.9 Å². The maximum absolute atomic E-state index is 5.12. The number of rotatable bonds is 3. The predicted molar refractivity (Wildman–Crippen MR) is 111 cm³/mol. The van der Waals surface area contributed by atoms with E-state index in [1.54, 1.807) is 17.7 Å². The lowest BCUT2D eigenvalue weighted by atomic mass is 10.0. The fourth-order valence-corrected chi connectivity index (χ4v) is 5.89. The van der Waals surface area contributed by atoms with Gasteiger partial charge in [-0.1, -0.05) is 44.2 Å². The Morgan fingerprint density at radius 2 is 1.85 bits per heavy atom. The first-order chi connectivity index (χ1) is 12.7. The molecule has 0 saturated carbocycles. The van der Waals surface area contributed by atoms with Crippen LogP contribution in [0.1, 0.15) is 31.4 Å². The highest BCUT2D eigenvalue weighted by molar-refractivity contribution is 8.00. The van der Waals surface area contributed by atoms with Crippen molar-refractivity contribution in [3.05, 3.63) is 47.8 Å². The minimum absolute atomic E-state index is 0.497. The number of benzene rings is 1. The van der Waals surface area contributed by atoms with Crippen molar-refractivity contribution in [3.63, 3.8) is 0 Å². The molecule has 3 nitrogen and oxygen atoms in total. The van der Waals surface area contributed by atoms with Gasteiger partial charge in [0.05, 0.1) is 15.9 Å². The molecule has 3 aromatic heterocycles. The molecule has 0 unspecified atom stereocenters. The molecule has 0 spiro atoms. The Bertz CT molecular complexity index is 1120. The lowest BCUT2D eigenvalue weighted by Crippen LogP contribution is -1.94. The molecule has 0 saturated heterocycles. The molecule has 26 heavy (non-hydrogen) atoms. The summed E-state index contributed by atoms with van der Waals surface area (Å²) in [7, 11) is 0. The van der Waals surface area contributed by atoms with E-state index in [0.29, 0.717) is 5.25 Å². The van der Waals surface area contributed by atoms with Crippen LogP contribution in [0.4, 0.5) is 0 Å². The van der Waals surface area contributed by atoms with Crippen LogP contribution in [0.25, 0.3) is 31.7 Å². The van der Waals surface area contributed by atoms with E-state index >= 15 is 0 Å². The molecule has 1 aliphatic rings. The number of aromatic nitrogens is 3. The zero-order chi connectivity index (χ0) is 17.7. The normalized spacial score (nSPS) is 13.8. The van der Waals surface area contributed by atoms with Gasteiger partial charge in [-0.25, -0.2) is 15.0 Å². The van der Waals surface area contributed by atoms with Crippen LogP contribution >= 0.6 is 23.1 Å². The highest BCUT2D eigenvalue weighted by Gasteiger charge is 2.25. The number of fused-ring (bicyclic) bond motifs is 5. The number of hydrogen-bond acceptors (Lipinski definition) is 5. The Hall–Kier alpha value is -1.98. The molecule has 0 atom stereocenters. The Balaban J connectivity index is 1.83. The average molecular weight is 378 g/mol. The van der Waals surface area contributed by atoms with Crippen molar-refractivity contribution >= 4 is 43.5 Å². The van der Waals surface area contributed by atoms with E-state index in [-0.39, 0.29) is 0 Å². The first-order valence-corrected chi connectivity index (χ1v) is 10.7. The van der Waals surface area contributed by atoms with E-state index in [4.69, 9.17) is 4.98 Å². The van der Waals surface area contributed by atoms with E-state index in [1.807, 2.05) is 11.8 Å². The third-order valence-corrected chi connectivity index (χ3v) is 7.05. The Morgan fingerprint density at radius 3 is 2.65 bits per heavy atom. The van der Waals surface area contributed by atoms with Crippen LogP contribution in [0.3, 0.4) is 0 Å². The SMILES string of the molecule is CC(C)Sc1ncnc2c1sc1nc(-c3ccccc3)c3c(c12)CCC3. The summed E-state index contributed by atoms with van der Waals surface area (Å²) in [6.07, 6.45) is 5.15. The van der Waals surface area contributed by atoms with Crippen LogP contribution in [0.5, 0.6) is 0 Å². The number of hydrogen-bond donors (Lipinski definition) is 0. The summed E-state index contributed by atoms with van der Waals surface area (Å²) in [5.74, 6) is 0. The number of thioether (sulfide) groups is 1. The number of aryl methyl sites for hydroxylation is 1. The van der Waals surface area contributed by atoms with Crippen LogP contribution in [-0.2, 0) is 12.8 Å². The van der Waals surface area contributed by atoms with E-state index < -0.39 is 0 Å². The van der Waals surface area contributed by atoms with Crippen molar-refractivity contribution in [2.45, 2.75) is 43.4 Å². The molecular formula is C21H19N3S2. The monoisotopic (exact) mass is 377 g/mol. The molecule has 5 rings (SSSR count). The van der Waals surface area contributed by atoms with Crippen LogP contribution in [-0.4, -0.2) is 20.2 Å². The Kier molecular flexibility index (Phi) is 3.94. The molecule has 1 aromatic carbocycles. The number of nitrogens with zero attached hydrogens (tertiary/aromatic N) is 3. The molecule has 0 bridgehead atoms. The topological polar surface area (TPSA) is 38.7 Å². The van der Waals surface area contributed by atoms with E-state index in [1.165, 1.54) is 33.2 Å². The third-order valence-electron chi connectivity index (χ3n) is 4.83. The first-order valence-electron chi connectivity index (χ1n) is 9.03. The van der Waals surface area contributed by atoms with Crippen molar-refractivity contribution < 1.29 is 0 Å². The summed E-state index contributed by atoms with van der Waals surface area (Å²) in [5.41, 5.74) is 6.34. The van der Waals surface area contributed by atoms with Crippen molar-refractivity contribution in [2.75, 3.05) is 0 Å². The second kappa shape index (κ2) is 6.32. The summed E-state index contributed by atoms with van der Waals surface area (Å²) in [4.78, 5) is 15.4. The lowest BCUT2D eigenvalue weighted by Gasteiger charge is -2.09. The van der Waals surface area contributed by atoms with Crippen LogP contribution in [0.15, 0.2) is 41.7 Å². The van der Waals surface area contributed by atoms with Crippen molar-refractivity contribution in [3.8, 4) is 11.3 Å². The highest BCUT2D eigenvalue weighted by Crippen LogP contribution is 2.44. The predicted octanol–water partition coefficient (Wildman–Crippen LogP) is 5.90. The van der Waals surface area contributed by atoms with Crippen molar-refractivity contribution in [2.24, 2.45) is 0 Å². The van der Waals surface area contributed by atoms with Gasteiger partial charge in [-0.3, -0.25) is 0 Å². The van der Waals surface area contributed by atoms with Gasteiger partial charge in [-0.05, 0) is 30.4 Å². The molecule has 0 radical (unpaired) electrons. The van der Waals surface area contributed by atoms with Gasteiger partial charge in [0, 0.05) is 16.2 Å². The van der Waals surface area contributed by atoms with Crippen LogP contribution in [0.2, 0.25) is 0 Å². The van der Waals surface area contributed by atoms with Gasteiger partial charge < -0.3 is 0 Å². The smallest absolute Gasteiger partial charge is 0.127 e. The Morgan fingerprint density at radius 1 is 1.04 bits per heavy atom. The molecule has 4 aromatic rings. The van der Waals surface area contributed by atoms with Gasteiger partial charge in [0.2, 0.25) is 0 Å². The molecule has 1 aliphatic carbocycles. The second-order valence-corrected chi connectivity index (χ2v) is 9.51. The average Bonchev–Trinajstić information content (AvgIpc) is 3.25. The molecule has 0 fully saturated rings. The van der Waals surface area contributed by atoms with Gasteiger partial charge in [0.25, 0.3) is 0 Å². The highest BCUT2D eigenvalue weighted by atomic mass is 32.2. The van der Waals surface area contributed by atoms with Crippen LogP contribution in [0, 0.1) is 0 Å². The fraction of sp³-hybridized carbons (Fsp3) is 0.286. The summed E-state index contributed by atoms with van der Waals surface area (Å²) < 4.78 is 1.19. The van der Waals surface area contributed by atoms with Gasteiger partial charge in [-0.2, -0.15) is 0 Å². The molecule has 130 valence electrons. The van der Waals surface area contributed by atoms with Crippen molar-refractivity contribution in [1.29, 1.82) is 0 Å². The fourth-order valence-electron chi connectivity index (χ4n) is 3.82. The minimum atomic E-state index is 0.497. The van der Waals surface area contributed by atoms with Crippen LogP contribution < -0.4 is 0 Å². The molecule has 3 heterocycles. The second-order valence-electron chi connectivity index (χ2n) is 6.94. The largest absolute Gasteiger partial charge is 0.236 e. The summed E-state index contributed by atoms with van der Waals surface area (Å²) in [6.45, 7) is 4.41. The van der Waals surface area contributed by atoms with Gasteiger partial charge in [0.15, 0.2) is 0 Å². The standard InChI is InChI=1S/C21H19N3S2/c1-12(2)25-21-19-18(22-11-23-21)16-14-9-6-10-15(14)17(24-20(16)26-19)13-7-4-3-5-8-13/h3-5,7-8,11-12H,6,9-10H2,1-2H3. The molecule has 0 N–H and O–H groups in total. The van der Waals surface area contributed by atoms with E-state index in [2.05, 4.69) is 54.1 Å². The summed E-state index contributed by atoms with van der Waals surface area (Å²) in [5, 5.41) is 2.85. The summed E-state index contributed by atoms with van der Waals surface area (Å²) >= 11 is 3.56. The lowest BCUT2D eigenvalue weighted by molar-refractivity contribution is 0.913. The quantitative estimate of drug-likeness (QED) is 0.329. The molecule has 0 aliphatic heterocycles. The number of pyridine rings is 1. The maximum atomic E-state index is 5.12. The zero-order valence-electron chi connectivity index (χ0n) is 14.8. The van der Waals surface area contributed by atoms with Gasteiger partial charge in [0.1, 0.15) is 16.2 Å². The molecule has 5 heteroatoms. The van der Waals surface area contributed by atoms with E-state index in [9.17, 15) is 0 Å². The Labute approximate surface area is 160 Å². The summed E-state index contributed by atoms with van der Waals surface area (Å²) in [6, 6.07) is 10.6. The molecule has 0 amide bonds. The first kappa shape index (κ1) is 16.2. The van der Waals surface area contributed by atoms with Gasteiger partial charge >= 0.3 is 0 Å². The molecular weight excluding hydrogens is 358 g/mol. The zero-order valence-corrected chi connectivity index (χ0v) is 16.5. The number of thiophene rings is 1.